The first-order valence-corrected chi connectivity index (χ1v) is 10.1. The van der Waals surface area contributed by atoms with Gasteiger partial charge in [0.2, 0.25) is 0 Å². The second-order valence-corrected chi connectivity index (χ2v) is 8.17. The maximum Gasteiger partial charge on any atom is 0.320 e. The highest BCUT2D eigenvalue weighted by atomic mass is 16.6. The molecule has 6 heteroatoms. The van der Waals surface area contributed by atoms with Gasteiger partial charge in [-0.3, -0.25) is 0 Å². The molecule has 0 aliphatic carbocycles. The normalized spacial score (nSPS) is 30.3. The highest BCUT2D eigenvalue weighted by molar-refractivity contribution is 5.74. The van der Waals surface area contributed by atoms with Crippen molar-refractivity contribution < 1.29 is 19.0 Å². The average Bonchev–Trinajstić information content (AvgIpc) is 3.32. The summed E-state index contributed by atoms with van der Waals surface area (Å²) in [6.07, 6.45) is 7.65. The van der Waals surface area contributed by atoms with Crippen molar-refractivity contribution in [3.05, 3.63) is 0 Å². The molecule has 0 radical (unpaired) electrons. The van der Waals surface area contributed by atoms with E-state index in [1.807, 2.05) is 9.80 Å². The third-order valence-electron chi connectivity index (χ3n) is 6.41. The molecule has 1 unspecified atom stereocenters. The van der Waals surface area contributed by atoms with Gasteiger partial charge in [0, 0.05) is 45.8 Å². The summed E-state index contributed by atoms with van der Waals surface area (Å²) in [5.41, 5.74) is -0.0534. The molecule has 0 N–H and O–H groups in total. The maximum absolute atomic E-state index is 12.5. The first-order valence-electron chi connectivity index (χ1n) is 10.1. The van der Waals surface area contributed by atoms with Crippen molar-refractivity contribution in [2.75, 3.05) is 52.6 Å². The van der Waals surface area contributed by atoms with Crippen molar-refractivity contribution in [2.24, 2.45) is 5.92 Å². The van der Waals surface area contributed by atoms with E-state index >= 15 is 0 Å². The van der Waals surface area contributed by atoms with E-state index < -0.39 is 0 Å². The van der Waals surface area contributed by atoms with Crippen molar-refractivity contribution in [2.45, 2.75) is 56.7 Å². The molecule has 4 heterocycles. The molecule has 1 spiro atoms. The molecule has 142 valence electrons. The van der Waals surface area contributed by atoms with E-state index in [-0.39, 0.29) is 17.7 Å². The van der Waals surface area contributed by atoms with Gasteiger partial charge in [0.15, 0.2) is 0 Å². The molecule has 0 aromatic rings. The van der Waals surface area contributed by atoms with Gasteiger partial charge >= 0.3 is 6.03 Å². The number of rotatable bonds is 3. The zero-order valence-electron chi connectivity index (χ0n) is 15.3. The molecule has 1 atom stereocenters. The topological polar surface area (TPSA) is 51.2 Å². The van der Waals surface area contributed by atoms with Crippen molar-refractivity contribution in [3.8, 4) is 0 Å². The number of urea groups is 1. The average molecular weight is 352 g/mol. The molecule has 0 aromatic carbocycles. The van der Waals surface area contributed by atoms with Gasteiger partial charge in [-0.1, -0.05) is 0 Å². The molecule has 6 nitrogen and oxygen atoms in total. The fourth-order valence-corrected chi connectivity index (χ4v) is 4.66. The predicted octanol–water partition coefficient (Wildman–Crippen LogP) is 2.27. The number of hydrogen-bond donors (Lipinski definition) is 0. The van der Waals surface area contributed by atoms with Crippen molar-refractivity contribution in [3.63, 3.8) is 0 Å². The largest absolute Gasteiger partial charge is 0.381 e. The standard InChI is InChI=1S/C19H32N2O4/c22-18(20-7-1-2-8-20)21-9-5-19(6-10-21)13-17(15-25-19)24-14-16-3-11-23-12-4-16/h16-17H,1-15H2. The fourth-order valence-electron chi connectivity index (χ4n) is 4.66. The Hall–Kier alpha value is -0.850. The van der Waals surface area contributed by atoms with E-state index in [0.29, 0.717) is 12.5 Å². The number of hydrogen-bond acceptors (Lipinski definition) is 4. The highest BCUT2D eigenvalue weighted by Crippen LogP contribution is 2.37. The molecular formula is C19H32N2O4. The van der Waals surface area contributed by atoms with E-state index in [9.17, 15) is 4.79 Å². The van der Waals surface area contributed by atoms with Crippen LogP contribution in [-0.4, -0.2) is 80.1 Å². The lowest BCUT2D eigenvalue weighted by Gasteiger charge is -2.39. The summed E-state index contributed by atoms with van der Waals surface area (Å²) in [6, 6.07) is 0.234. The van der Waals surface area contributed by atoms with E-state index in [1.54, 1.807) is 0 Å². The Balaban J connectivity index is 1.21. The molecule has 4 saturated heterocycles. The van der Waals surface area contributed by atoms with Crippen LogP contribution in [0.25, 0.3) is 0 Å². The first-order chi connectivity index (χ1) is 12.2. The number of ether oxygens (including phenoxy) is 3. The Morgan fingerprint density at radius 1 is 1.04 bits per heavy atom. The third-order valence-corrected chi connectivity index (χ3v) is 6.41. The third kappa shape index (κ3) is 4.12. The SMILES string of the molecule is O=C(N1CCCC1)N1CCC2(CC1)CC(OCC1CCOCC1)CO2. The van der Waals surface area contributed by atoms with E-state index in [4.69, 9.17) is 14.2 Å². The predicted molar refractivity (Wildman–Crippen MR) is 93.6 cm³/mol. The molecule has 0 bridgehead atoms. The van der Waals surface area contributed by atoms with Crippen molar-refractivity contribution in [1.29, 1.82) is 0 Å². The van der Waals surface area contributed by atoms with Gasteiger partial charge in [-0.15, -0.1) is 0 Å². The number of piperidine rings is 1. The molecular weight excluding hydrogens is 320 g/mol. The van der Waals surface area contributed by atoms with E-state index in [0.717, 1.165) is 90.9 Å². The van der Waals surface area contributed by atoms with Crippen LogP contribution in [0.2, 0.25) is 0 Å². The van der Waals surface area contributed by atoms with Gasteiger partial charge in [-0.05, 0) is 44.4 Å². The number of likely N-dealkylation sites (tertiary alicyclic amines) is 2. The van der Waals surface area contributed by atoms with Crippen LogP contribution in [0.5, 0.6) is 0 Å². The lowest BCUT2D eigenvalue weighted by atomic mass is 9.88. The van der Waals surface area contributed by atoms with Crippen LogP contribution in [0.3, 0.4) is 0 Å². The van der Waals surface area contributed by atoms with Gasteiger partial charge in [0.25, 0.3) is 0 Å². The number of nitrogens with zero attached hydrogens (tertiary/aromatic N) is 2. The second-order valence-electron chi connectivity index (χ2n) is 8.17. The quantitative estimate of drug-likeness (QED) is 0.782. The lowest BCUT2D eigenvalue weighted by molar-refractivity contribution is -0.0421. The number of carbonyl (C=O) groups is 1. The van der Waals surface area contributed by atoms with Crippen LogP contribution >= 0.6 is 0 Å². The summed E-state index contributed by atoms with van der Waals surface area (Å²) >= 11 is 0. The molecule has 0 saturated carbocycles. The molecule has 4 rings (SSSR count). The zero-order chi connectivity index (χ0) is 17.1. The fraction of sp³-hybridized carbons (Fsp3) is 0.947. The molecule has 4 aliphatic rings. The summed E-state index contributed by atoms with van der Waals surface area (Å²) in [4.78, 5) is 16.6. The summed E-state index contributed by atoms with van der Waals surface area (Å²) in [6.45, 7) is 6.80. The van der Waals surface area contributed by atoms with E-state index in [2.05, 4.69) is 0 Å². The Bertz CT molecular complexity index is 452. The highest BCUT2D eigenvalue weighted by Gasteiger charge is 2.44. The van der Waals surface area contributed by atoms with Gasteiger partial charge in [-0.25, -0.2) is 4.79 Å². The lowest BCUT2D eigenvalue weighted by Crippen LogP contribution is -2.50. The number of amides is 2. The van der Waals surface area contributed by atoms with Gasteiger partial charge in [0.05, 0.1) is 24.9 Å². The molecule has 25 heavy (non-hydrogen) atoms. The van der Waals surface area contributed by atoms with Crippen molar-refractivity contribution in [1.82, 2.24) is 9.80 Å². The first kappa shape index (κ1) is 17.6. The van der Waals surface area contributed by atoms with Crippen LogP contribution in [0.1, 0.15) is 44.9 Å². The van der Waals surface area contributed by atoms with Crippen molar-refractivity contribution >= 4 is 6.03 Å². The molecule has 0 aromatic heterocycles. The number of carbonyl (C=O) groups excluding carboxylic acids is 1. The van der Waals surface area contributed by atoms with Crippen LogP contribution in [0.4, 0.5) is 4.79 Å². The summed E-state index contributed by atoms with van der Waals surface area (Å²) < 4.78 is 17.8. The van der Waals surface area contributed by atoms with Gasteiger partial charge < -0.3 is 24.0 Å². The summed E-state index contributed by atoms with van der Waals surface area (Å²) in [5, 5.41) is 0. The Labute approximate surface area is 150 Å². The van der Waals surface area contributed by atoms with Crippen LogP contribution < -0.4 is 0 Å². The van der Waals surface area contributed by atoms with Crippen LogP contribution in [-0.2, 0) is 14.2 Å². The summed E-state index contributed by atoms with van der Waals surface area (Å²) in [7, 11) is 0. The minimum absolute atomic E-state index is 0.0534. The minimum Gasteiger partial charge on any atom is -0.381 e. The Morgan fingerprint density at radius 2 is 1.72 bits per heavy atom. The van der Waals surface area contributed by atoms with Gasteiger partial charge in [-0.2, -0.15) is 0 Å². The maximum atomic E-state index is 12.5. The zero-order valence-corrected chi connectivity index (χ0v) is 15.3. The summed E-state index contributed by atoms with van der Waals surface area (Å²) in [5.74, 6) is 0.644. The molecule has 4 aliphatic heterocycles. The Morgan fingerprint density at radius 3 is 2.44 bits per heavy atom. The second kappa shape index (κ2) is 7.80. The van der Waals surface area contributed by atoms with Crippen LogP contribution in [0, 0.1) is 5.92 Å². The monoisotopic (exact) mass is 352 g/mol. The smallest absolute Gasteiger partial charge is 0.320 e. The Kier molecular flexibility index (Phi) is 5.48. The van der Waals surface area contributed by atoms with Crippen LogP contribution in [0.15, 0.2) is 0 Å². The van der Waals surface area contributed by atoms with E-state index in [1.165, 1.54) is 0 Å². The van der Waals surface area contributed by atoms with Gasteiger partial charge in [0.1, 0.15) is 0 Å². The molecule has 2 amide bonds. The minimum atomic E-state index is -0.0534. The molecule has 4 fully saturated rings.